The van der Waals surface area contributed by atoms with Crippen LogP contribution in [-0.4, -0.2) is 37.2 Å². The van der Waals surface area contributed by atoms with Gasteiger partial charge in [0.25, 0.3) is 0 Å². The monoisotopic (exact) mass is 471 g/mol. The molecule has 7 heteroatoms. The van der Waals surface area contributed by atoms with Crippen LogP contribution in [0.15, 0.2) is 18.2 Å². The molecule has 0 aliphatic heterocycles. The zero-order valence-corrected chi connectivity index (χ0v) is 20.1. The number of nitrogens with zero attached hydrogens (tertiary/aromatic N) is 3. The largest absolute Gasteiger partial charge is 0.390 e. The lowest BCUT2D eigenvalue weighted by atomic mass is 9.48. The number of ketones is 1. The Labute approximate surface area is 199 Å². The number of fused-ring (bicyclic) bond motifs is 6. The number of hydrogen-bond donors (Lipinski definition) is 1. The molecule has 1 heterocycles. The van der Waals surface area contributed by atoms with Crippen molar-refractivity contribution in [3.05, 3.63) is 24.0 Å². The summed E-state index contributed by atoms with van der Waals surface area (Å²) >= 11 is 0. The Hall–Kier alpha value is -1.89. The van der Waals surface area contributed by atoms with Crippen molar-refractivity contribution < 1.29 is 18.7 Å². The predicted octanol–water partition coefficient (Wildman–Crippen LogP) is 5.25. The van der Waals surface area contributed by atoms with E-state index in [1.54, 1.807) is 10.7 Å². The van der Waals surface area contributed by atoms with Gasteiger partial charge < -0.3 is 5.11 Å². The third-order valence-electron chi connectivity index (χ3n) is 10.5. The van der Waals surface area contributed by atoms with Crippen LogP contribution < -0.4 is 0 Å². The van der Waals surface area contributed by atoms with Crippen LogP contribution in [0.3, 0.4) is 0 Å². The van der Waals surface area contributed by atoms with Gasteiger partial charge in [0.05, 0.1) is 11.1 Å². The first-order valence-corrected chi connectivity index (χ1v) is 13.0. The molecule has 4 saturated carbocycles. The number of aromatic nitrogens is 3. The number of halogens is 2. The third kappa shape index (κ3) is 3.29. The van der Waals surface area contributed by atoms with Crippen LogP contribution in [0.2, 0.25) is 0 Å². The zero-order chi connectivity index (χ0) is 23.9. The number of hydrogen-bond acceptors (Lipinski definition) is 4. The van der Waals surface area contributed by atoms with Gasteiger partial charge in [0.2, 0.25) is 0 Å². The molecular weight excluding hydrogens is 436 g/mol. The molecule has 5 nitrogen and oxygen atoms in total. The quantitative estimate of drug-likeness (QED) is 0.664. The topological polar surface area (TPSA) is 68.0 Å². The Morgan fingerprint density at radius 2 is 1.94 bits per heavy atom. The van der Waals surface area contributed by atoms with Crippen LogP contribution in [-0.2, 0) is 11.3 Å². The Morgan fingerprint density at radius 1 is 1.12 bits per heavy atom. The van der Waals surface area contributed by atoms with E-state index in [9.17, 15) is 14.3 Å². The molecule has 4 fully saturated rings. The molecule has 6 rings (SSSR count). The summed E-state index contributed by atoms with van der Waals surface area (Å²) in [5, 5.41) is 18.7. The average molecular weight is 472 g/mol. The zero-order valence-electron chi connectivity index (χ0n) is 20.1. The van der Waals surface area contributed by atoms with Gasteiger partial charge in [-0.25, -0.2) is 13.5 Å². The Bertz CT molecular complexity index is 1130. The van der Waals surface area contributed by atoms with E-state index in [2.05, 4.69) is 17.2 Å². The fourth-order valence-corrected chi connectivity index (χ4v) is 8.83. The van der Waals surface area contributed by atoms with Crippen LogP contribution in [0, 0.1) is 40.8 Å². The summed E-state index contributed by atoms with van der Waals surface area (Å²) in [6, 6.07) is 4.34. The summed E-state index contributed by atoms with van der Waals surface area (Å²) < 4.78 is 31.6. The molecule has 34 heavy (non-hydrogen) atoms. The van der Waals surface area contributed by atoms with E-state index < -0.39 is 11.3 Å². The summed E-state index contributed by atoms with van der Waals surface area (Å²) in [4.78, 5) is 13.5. The minimum absolute atomic E-state index is 0.0360. The number of carbonyl (C=O) groups is 1. The highest BCUT2D eigenvalue weighted by Gasteiger charge is 2.63. The standard InChI is InChI=1S/C27H35F2N3O2/c1-25(34)11-12-27(29)16(14-25)3-5-18-19-6-7-21(26(19,2)10-9-20(18)27)24(33)15-32-23-8-4-17(28)13-22(23)30-31-32/h4,8,13,16,18-21,34H,3,5-7,9-12,14-15H2,1-2H3/t16-,18+,19+,20+,21-,25-,26+,27-/m1/s1. The van der Waals surface area contributed by atoms with Crippen LogP contribution in [0.1, 0.15) is 71.6 Å². The summed E-state index contributed by atoms with van der Waals surface area (Å²) in [5.74, 6) is 0.467. The Balaban J connectivity index is 1.21. The second-order valence-corrected chi connectivity index (χ2v) is 12.3. The number of aliphatic hydroxyl groups is 1. The molecule has 0 unspecified atom stereocenters. The van der Waals surface area contributed by atoms with E-state index in [1.165, 1.54) is 12.1 Å². The summed E-state index contributed by atoms with van der Waals surface area (Å²) in [6.07, 6.45) is 7.00. The molecule has 0 bridgehead atoms. The van der Waals surface area contributed by atoms with E-state index >= 15 is 4.39 Å². The van der Waals surface area contributed by atoms with Gasteiger partial charge in [0, 0.05) is 12.0 Å². The van der Waals surface area contributed by atoms with Crippen LogP contribution in [0.4, 0.5) is 8.78 Å². The number of rotatable bonds is 3. The third-order valence-corrected chi connectivity index (χ3v) is 10.5. The van der Waals surface area contributed by atoms with Crippen LogP contribution in [0.25, 0.3) is 11.0 Å². The second kappa shape index (κ2) is 7.55. The van der Waals surface area contributed by atoms with Crippen molar-refractivity contribution in [2.24, 2.45) is 35.0 Å². The Morgan fingerprint density at radius 3 is 2.76 bits per heavy atom. The van der Waals surface area contributed by atoms with Gasteiger partial charge in [-0.15, -0.1) is 5.10 Å². The molecule has 0 saturated heterocycles. The molecule has 184 valence electrons. The molecule has 1 aromatic carbocycles. The molecule has 0 amide bonds. The van der Waals surface area contributed by atoms with Gasteiger partial charge in [-0.1, -0.05) is 12.1 Å². The van der Waals surface area contributed by atoms with Gasteiger partial charge >= 0.3 is 0 Å². The minimum Gasteiger partial charge on any atom is -0.390 e. The van der Waals surface area contributed by atoms with Crippen molar-refractivity contribution in [2.45, 2.75) is 89.4 Å². The summed E-state index contributed by atoms with van der Waals surface area (Å²) in [6.45, 7) is 4.27. The summed E-state index contributed by atoms with van der Waals surface area (Å²) in [5.41, 5.74) is -0.879. The number of alkyl halides is 1. The highest BCUT2D eigenvalue weighted by atomic mass is 19.1. The molecule has 1 N–H and O–H groups in total. The van der Waals surface area contributed by atoms with E-state index in [4.69, 9.17) is 0 Å². The van der Waals surface area contributed by atoms with E-state index in [1.807, 2.05) is 6.92 Å². The predicted molar refractivity (Wildman–Crippen MR) is 124 cm³/mol. The fraction of sp³-hybridized carbons (Fsp3) is 0.741. The second-order valence-electron chi connectivity index (χ2n) is 12.3. The molecular formula is C27H35F2N3O2. The van der Waals surface area contributed by atoms with Crippen LogP contribution in [0.5, 0.6) is 0 Å². The lowest BCUT2D eigenvalue weighted by Crippen LogP contribution is -2.58. The van der Waals surface area contributed by atoms with Gasteiger partial charge in [-0.05, 0) is 106 Å². The normalized spacial score (nSPS) is 43.9. The van der Waals surface area contributed by atoms with Crippen molar-refractivity contribution in [2.75, 3.05) is 0 Å². The molecule has 0 spiro atoms. The smallest absolute Gasteiger partial charge is 0.157 e. The maximum atomic E-state index is 16.5. The molecule has 2 aromatic rings. The summed E-state index contributed by atoms with van der Waals surface area (Å²) in [7, 11) is 0. The highest BCUT2D eigenvalue weighted by molar-refractivity contribution is 5.84. The lowest BCUT2D eigenvalue weighted by Gasteiger charge is -2.59. The molecule has 0 radical (unpaired) electrons. The molecule has 8 atom stereocenters. The fourth-order valence-electron chi connectivity index (χ4n) is 8.83. The first kappa shape index (κ1) is 22.6. The van der Waals surface area contributed by atoms with E-state index in [0.29, 0.717) is 42.1 Å². The average Bonchev–Trinajstić information content (AvgIpc) is 3.34. The van der Waals surface area contributed by atoms with Crippen LogP contribution >= 0.6 is 0 Å². The molecule has 4 aliphatic rings. The first-order chi connectivity index (χ1) is 16.1. The highest BCUT2D eigenvalue weighted by Crippen LogP contribution is 2.66. The number of Topliss-reactive ketones (excluding diaryl/α,β-unsaturated/α-hetero) is 1. The van der Waals surface area contributed by atoms with Crippen molar-refractivity contribution in [3.63, 3.8) is 0 Å². The van der Waals surface area contributed by atoms with Crippen molar-refractivity contribution >= 4 is 16.8 Å². The molecule has 4 aliphatic carbocycles. The van der Waals surface area contributed by atoms with Crippen molar-refractivity contribution in [3.8, 4) is 0 Å². The van der Waals surface area contributed by atoms with Gasteiger partial charge in [0.15, 0.2) is 5.78 Å². The van der Waals surface area contributed by atoms with E-state index in [0.717, 1.165) is 38.5 Å². The maximum absolute atomic E-state index is 16.5. The maximum Gasteiger partial charge on any atom is 0.157 e. The van der Waals surface area contributed by atoms with E-state index in [-0.39, 0.29) is 41.3 Å². The number of carbonyl (C=O) groups excluding carboxylic acids is 1. The lowest BCUT2D eigenvalue weighted by molar-refractivity contribution is -0.165. The van der Waals surface area contributed by atoms with Crippen molar-refractivity contribution in [1.29, 1.82) is 0 Å². The van der Waals surface area contributed by atoms with Gasteiger partial charge in [0.1, 0.15) is 23.5 Å². The number of benzene rings is 1. The SMILES string of the molecule is C[C@@]1(O)CC[C@@]2(F)[C@H](CC[C@H]3[C@@H]4CC[C@H](C(=O)Cn5nnc6cc(F)ccc65)[C@@]4(C)CC[C@@H]32)C1. The van der Waals surface area contributed by atoms with Crippen molar-refractivity contribution in [1.82, 2.24) is 15.0 Å². The minimum atomic E-state index is -1.16. The Kier molecular flexibility index (Phi) is 5.01. The first-order valence-electron chi connectivity index (χ1n) is 13.0. The van der Waals surface area contributed by atoms with Gasteiger partial charge in [-0.3, -0.25) is 4.79 Å². The van der Waals surface area contributed by atoms with Gasteiger partial charge in [-0.2, -0.15) is 0 Å². The molecule has 1 aromatic heterocycles.